The van der Waals surface area contributed by atoms with Gasteiger partial charge in [0.15, 0.2) is 5.50 Å². The second-order valence-electron chi connectivity index (χ2n) is 9.24. The fourth-order valence-corrected chi connectivity index (χ4v) is 7.92. The van der Waals surface area contributed by atoms with Crippen LogP contribution in [-0.2, 0) is 15.4 Å². The topological polar surface area (TPSA) is 92.1 Å². The van der Waals surface area contributed by atoms with Gasteiger partial charge in [-0.05, 0) is 74.9 Å². The highest BCUT2D eigenvalue weighted by Gasteiger charge is 2.41. The zero-order valence-electron chi connectivity index (χ0n) is 20.4. The number of hydrogen-bond acceptors (Lipinski definition) is 5. The Labute approximate surface area is 202 Å². The van der Waals surface area contributed by atoms with Gasteiger partial charge in [0, 0.05) is 23.8 Å². The molecule has 34 heavy (non-hydrogen) atoms. The van der Waals surface area contributed by atoms with E-state index in [-0.39, 0.29) is 10.3 Å². The Hall–Kier alpha value is -2.64. The van der Waals surface area contributed by atoms with Crippen molar-refractivity contribution in [1.29, 1.82) is 0 Å². The molecule has 0 saturated heterocycles. The summed E-state index contributed by atoms with van der Waals surface area (Å²) in [5.41, 5.74) is 4.75. The summed E-state index contributed by atoms with van der Waals surface area (Å²) in [5.74, 6) is 3.06. The van der Waals surface area contributed by atoms with Gasteiger partial charge in [-0.25, -0.2) is 18.3 Å². The SMILES string of the molecule is Cc1ccc(P(/C=C2\N(C)c3ccccc3C2(C)C)(=Nc2ccc(S(N)(=O)=O)cc2)N(C)C)o1. The molecule has 9 heteroatoms. The number of likely N-dealkylation sites (N-methyl/N-ethyl adjacent to an activating group) is 1. The fourth-order valence-electron chi connectivity index (χ4n) is 4.42. The van der Waals surface area contributed by atoms with Crippen molar-refractivity contribution in [2.75, 3.05) is 26.0 Å². The van der Waals surface area contributed by atoms with Gasteiger partial charge >= 0.3 is 0 Å². The maximum absolute atomic E-state index is 11.7. The summed E-state index contributed by atoms with van der Waals surface area (Å²) in [7, 11) is -0.264. The molecule has 2 heterocycles. The number of nitrogens with zero attached hydrogens (tertiary/aromatic N) is 3. The third kappa shape index (κ3) is 4.16. The first-order valence-electron chi connectivity index (χ1n) is 10.9. The summed E-state index contributed by atoms with van der Waals surface area (Å²) < 4.78 is 37.0. The molecule has 0 fully saturated rings. The smallest absolute Gasteiger partial charge is 0.238 e. The van der Waals surface area contributed by atoms with Crippen LogP contribution >= 0.6 is 7.21 Å². The largest absolute Gasteiger partial charge is 0.459 e. The van der Waals surface area contributed by atoms with Gasteiger partial charge in [0.05, 0.1) is 10.6 Å². The number of fused-ring (bicyclic) bond motifs is 1. The molecule has 0 saturated carbocycles. The van der Waals surface area contributed by atoms with E-state index in [4.69, 9.17) is 14.3 Å². The predicted molar refractivity (Wildman–Crippen MR) is 140 cm³/mol. The molecule has 7 nitrogen and oxygen atoms in total. The van der Waals surface area contributed by atoms with Crippen LogP contribution in [0.1, 0.15) is 25.2 Å². The standard InChI is InChI=1S/C25H31N4O3PS/c1-18-11-16-24(32-18)33(28(4)5,27-19-12-14-20(15-13-19)34(26,30)31)17-23-25(2,3)21-9-7-8-10-22(21)29(23)6/h7-17H,1-6H3,(H2,26,30,31)/b23-17-. The van der Waals surface area contributed by atoms with E-state index >= 15 is 0 Å². The van der Waals surface area contributed by atoms with Crippen LogP contribution in [0.15, 0.2) is 86.2 Å². The minimum atomic E-state index is -3.78. The van der Waals surface area contributed by atoms with Crippen molar-refractivity contribution in [2.45, 2.75) is 31.1 Å². The van der Waals surface area contributed by atoms with Crippen LogP contribution in [0.4, 0.5) is 11.4 Å². The molecule has 0 radical (unpaired) electrons. The van der Waals surface area contributed by atoms with Crippen LogP contribution in [-0.4, -0.2) is 34.2 Å². The lowest BCUT2D eigenvalue weighted by Crippen LogP contribution is -2.25. The van der Waals surface area contributed by atoms with Crippen LogP contribution in [0.25, 0.3) is 0 Å². The lowest BCUT2D eigenvalue weighted by Gasteiger charge is -2.31. The molecule has 1 aromatic heterocycles. The summed E-state index contributed by atoms with van der Waals surface area (Å²) in [6.07, 6.45) is 0. The van der Waals surface area contributed by atoms with E-state index in [0.717, 1.165) is 17.0 Å². The molecule has 180 valence electrons. The molecule has 0 aliphatic carbocycles. The maximum Gasteiger partial charge on any atom is 0.238 e. The van der Waals surface area contributed by atoms with Crippen molar-refractivity contribution in [2.24, 2.45) is 9.88 Å². The molecule has 2 N–H and O–H groups in total. The molecule has 1 aliphatic rings. The molecule has 1 aliphatic heterocycles. The first-order valence-corrected chi connectivity index (χ1v) is 14.2. The molecule has 0 bridgehead atoms. The van der Waals surface area contributed by atoms with Crippen LogP contribution in [0, 0.1) is 6.92 Å². The lowest BCUT2D eigenvalue weighted by molar-refractivity contribution is 0.557. The summed E-state index contributed by atoms with van der Waals surface area (Å²) >= 11 is 0. The van der Waals surface area contributed by atoms with E-state index in [1.807, 2.05) is 33.2 Å². The third-order valence-corrected chi connectivity index (χ3v) is 10.5. The Morgan fingerprint density at radius 3 is 2.24 bits per heavy atom. The number of nitrogens with two attached hydrogens (primary N) is 1. The predicted octanol–water partition coefficient (Wildman–Crippen LogP) is 5.14. The number of primary sulfonamides is 1. The number of para-hydroxylation sites is 1. The maximum atomic E-state index is 11.7. The van der Waals surface area contributed by atoms with Crippen LogP contribution in [0.3, 0.4) is 0 Å². The Morgan fingerprint density at radius 2 is 1.71 bits per heavy atom. The second-order valence-corrected chi connectivity index (χ2v) is 13.8. The summed E-state index contributed by atoms with van der Waals surface area (Å²) in [6.45, 7) is 6.36. The number of benzene rings is 2. The molecule has 1 atom stereocenters. The number of sulfonamides is 1. The quantitative estimate of drug-likeness (QED) is 0.492. The molecule has 4 rings (SSSR count). The van der Waals surface area contributed by atoms with Gasteiger partial charge in [-0.1, -0.05) is 32.0 Å². The van der Waals surface area contributed by atoms with Crippen molar-refractivity contribution in [3.05, 3.63) is 83.5 Å². The van der Waals surface area contributed by atoms with E-state index in [1.54, 1.807) is 12.1 Å². The highest BCUT2D eigenvalue weighted by molar-refractivity contribution is 7.89. The highest BCUT2D eigenvalue weighted by Crippen LogP contribution is 2.59. The average Bonchev–Trinajstić information content (AvgIpc) is 3.28. The lowest BCUT2D eigenvalue weighted by atomic mass is 9.84. The second kappa shape index (κ2) is 8.54. The molecular formula is C25H31N4O3PS. The van der Waals surface area contributed by atoms with Crippen molar-refractivity contribution >= 4 is 34.1 Å². The van der Waals surface area contributed by atoms with Gasteiger partial charge in [0.1, 0.15) is 13.0 Å². The summed E-state index contributed by atoms with van der Waals surface area (Å²) in [5, 5.41) is 5.28. The van der Waals surface area contributed by atoms with Crippen LogP contribution in [0.2, 0.25) is 0 Å². The Morgan fingerprint density at radius 1 is 1.06 bits per heavy atom. The van der Waals surface area contributed by atoms with Crippen molar-refractivity contribution < 1.29 is 12.8 Å². The van der Waals surface area contributed by atoms with E-state index in [0.29, 0.717) is 5.69 Å². The van der Waals surface area contributed by atoms with Crippen LogP contribution < -0.4 is 15.5 Å². The van der Waals surface area contributed by atoms with Crippen LogP contribution in [0.5, 0.6) is 0 Å². The van der Waals surface area contributed by atoms with Gasteiger partial charge < -0.3 is 9.32 Å². The third-order valence-electron chi connectivity index (χ3n) is 6.34. The number of allylic oxidation sites excluding steroid dienone is 1. The number of rotatable bonds is 5. The van der Waals surface area contributed by atoms with E-state index < -0.39 is 17.2 Å². The van der Waals surface area contributed by atoms with E-state index in [1.165, 1.54) is 23.4 Å². The zero-order chi connectivity index (χ0) is 24.9. The van der Waals surface area contributed by atoms with Crippen molar-refractivity contribution in [1.82, 2.24) is 4.67 Å². The Kier molecular flexibility index (Phi) is 6.15. The monoisotopic (exact) mass is 498 g/mol. The number of furan rings is 1. The van der Waals surface area contributed by atoms with E-state index in [9.17, 15) is 8.42 Å². The number of hydrogen-bond donors (Lipinski definition) is 1. The minimum Gasteiger partial charge on any atom is -0.459 e. The highest BCUT2D eigenvalue weighted by atomic mass is 32.2. The first kappa shape index (κ1) is 24.5. The normalized spacial score (nSPS) is 18.2. The average molecular weight is 499 g/mol. The molecular weight excluding hydrogens is 467 g/mol. The van der Waals surface area contributed by atoms with Crippen molar-refractivity contribution in [3.63, 3.8) is 0 Å². The number of anilines is 1. The van der Waals surface area contributed by atoms with Gasteiger partial charge in [0.25, 0.3) is 0 Å². The van der Waals surface area contributed by atoms with Gasteiger partial charge in [0.2, 0.25) is 10.0 Å². The summed E-state index contributed by atoms with van der Waals surface area (Å²) in [4.78, 5) is 2.28. The minimum absolute atomic E-state index is 0.0551. The zero-order valence-corrected chi connectivity index (χ0v) is 22.1. The molecule has 0 amide bonds. The Bertz CT molecular complexity index is 1420. The van der Waals surface area contributed by atoms with Crippen molar-refractivity contribution in [3.8, 4) is 0 Å². The van der Waals surface area contributed by atoms with Gasteiger partial charge in [-0.3, -0.25) is 4.67 Å². The molecule has 1 unspecified atom stereocenters. The number of aryl methyl sites for hydroxylation is 1. The molecule has 2 aromatic carbocycles. The van der Waals surface area contributed by atoms with E-state index in [2.05, 4.69) is 60.5 Å². The molecule has 3 aromatic rings. The van der Waals surface area contributed by atoms with Gasteiger partial charge in [-0.15, -0.1) is 0 Å². The molecule has 0 spiro atoms. The van der Waals surface area contributed by atoms with Gasteiger partial charge in [-0.2, -0.15) is 0 Å². The first-order chi connectivity index (χ1) is 15.9. The Balaban J connectivity index is 1.99. The summed E-state index contributed by atoms with van der Waals surface area (Å²) in [6, 6.07) is 18.7. The fraction of sp³-hybridized carbons (Fsp3) is 0.280.